The van der Waals surface area contributed by atoms with E-state index in [1.54, 1.807) is 0 Å². The molecule has 2 aliphatic rings. The van der Waals surface area contributed by atoms with Crippen LogP contribution in [0.1, 0.15) is 58.9 Å². The van der Waals surface area contributed by atoms with Crippen LogP contribution >= 0.6 is 0 Å². The Morgan fingerprint density at radius 3 is 2.59 bits per heavy atom. The molecule has 0 aromatic carbocycles. The van der Waals surface area contributed by atoms with Crippen LogP contribution in [0.25, 0.3) is 6.08 Å². The van der Waals surface area contributed by atoms with Crippen molar-refractivity contribution in [2.75, 3.05) is 6.61 Å². The molecule has 120 valence electrons. The van der Waals surface area contributed by atoms with Crippen LogP contribution in [0.2, 0.25) is 0 Å². The Morgan fingerprint density at radius 1 is 1.23 bits per heavy atom. The van der Waals surface area contributed by atoms with Crippen molar-refractivity contribution >= 4 is 13.2 Å². The summed E-state index contributed by atoms with van der Waals surface area (Å²) in [6, 6.07) is 1.99. The quantitative estimate of drug-likeness (QED) is 0.804. The molecular formula is C16H25BN2O3. The molecule has 3 heterocycles. The van der Waals surface area contributed by atoms with E-state index in [2.05, 4.69) is 32.8 Å². The van der Waals surface area contributed by atoms with Crippen molar-refractivity contribution in [2.24, 2.45) is 0 Å². The molecule has 5 nitrogen and oxygen atoms in total. The lowest BCUT2D eigenvalue weighted by molar-refractivity contribution is -0.0395. The Kier molecular flexibility index (Phi) is 4.18. The largest absolute Gasteiger partial charge is 0.487 e. The summed E-state index contributed by atoms with van der Waals surface area (Å²) in [5.41, 5.74) is 0.276. The monoisotopic (exact) mass is 304 g/mol. The van der Waals surface area contributed by atoms with Crippen molar-refractivity contribution in [3.8, 4) is 0 Å². The first-order valence-electron chi connectivity index (χ1n) is 8.08. The first-order valence-corrected chi connectivity index (χ1v) is 8.08. The molecule has 2 aliphatic heterocycles. The predicted molar refractivity (Wildman–Crippen MR) is 86.2 cm³/mol. The van der Waals surface area contributed by atoms with Gasteiger partial charge >= 0.3 is 7.12 Å². The van der Waals surface area contributed by atoms with Crippen LogP contribution in [0.15, 0.2) is 18.2 Å². The molecule has 1 aromatic rings. The third-order valence-electron chi connectivity index (χ3n) is 4.78. The third-order valence-corrected chi connectivity index (χ3v) is 4.78. The summed E-state index contributed by atoms with van der Waals surface area (Å²) in [4.78, 5) is 0. The second-order valence-electron chi connectivity index (χ2n) is 7.03. The molecular weight excluding hydrogens is 279 g/mol. The van der Waals surface area contributed by atoms with E-state index in [0.29, 0.717) is 0 Å². The fourth-order valence-electron chi connectivity index (χ4n) is 2.68. The summed E-state index contributed by atoms with van der Waals surface area (Å²) in [5, 5.41) is 4.56. The number of nitrogens with zero attached hydrogens (tertiary/aromatic N) is 2. The smallest absolute Gasteiger partial charge is 0.400 e. The lowest BCUT2D eigenvalue weighted by Crippen LogP contribution is -2.41. The van der Waals surface area contributed by atoms with Gasteiger partial charge in [-0.15, -0.1) is 0 Å². The molecule has 1 atom stereocenters. The standard InChI is InChI=1S/C16H25BN2O3/c1-15(2)16(3,4)22-17(21-15)10-8-13-9-11-19(18-13)14-7-5-6-12-20-14/h8-11,14H,5-7,12H2,1-4H3. The summed E-state index contributed by atoms with van der Waals surface area (Å²) in [6.07, 6.45) is 7.37. The normalized spacial score (nSPS) is 27.6. The van der Waals surface area contributed by atoms with Gasteiger partial charge in [0, 0.05) is 12.8 Å². The highest BCUT2D eigenvalue weighted by Crippen LogP contribution is 2.37. The zero-order valence-electron chi connectivity index (χ0n) is 13.9. The highest BCUT2D eigenvalue weighted by molar-refractivity contribution is 6.52. The van der Waals surface area contributed by atoms with Gasteiger partial charge in [0.05, 0.1) is 16.9 Å². The van der Waals surface area contributed by atoms with Crippen molar-refractivity contribution in [3.63, 3.8) is 0 Å². The molecule has 0 aliphatic carbocycles. The second kappa shape index (κ2) is 5.83. The van der Waals surface area contributed by atoms with E-state index in [9.17, 15) is 0 Å². The van der Waals surface area contributed by atoms with E-state index in [1.807, 2.05) is 29.0 Å². The van der Waals surface area contributed by atoms with Gasteiger partial charge in [-0.25, -0.2) is 4.68 Å². The van der Waals surface area contributed by atoms with Gasteiger partial charge in [0.25, 0.3) is 0 Å². The van der Waals surface area contributed by atoms with E-state index in [4.69, 9.17) is 14.0 Å². The molecule has 2 saturated heterocycles. The second-order valence-corrected chi connectivity index (χ2v) is 7.03. The number of aromatic nitrogens is 2. The molecule has 2 fully saturated rings. The number of ether oxygens (including phenoxy) is 1. The van der Waals surface area contributed by atoms with Crippen LogP contribution in [-0.2, 0) is 14.0 Å². The highest BCUT2D eigenvalue weighted by atomic mass is 16.7. The average Bonchev–Trinajstić information content (AvgIpc) is 3.01. The summed E-state index contributed by atoms with van der Waals surface area (Å²) in [7, 11) is -0.332. The molecule has 0 spiro atoms. The molecule has 6 heteroatoms. The van der Waals surface area contributed by atoms with Crippen LogP contribution < -0.4 is 0 Å². The van der Waals surface area contributed by atoms with Gasteiger partial charge in [-0.1, -0.05) is 5.98 Å². The minimum Gasteiger partial charge on any atom is -0.400 e. The summed E-state index contributed by atoms with van der Waals surface area (Å²) in [5.74, 6) is 1.92. The van der Waals surface area contributed by atoms with Gasteiger partial charge < -0.3 is 14.0 Å². The molecule has 1 unspecified atom stereocenters. The maximum atomic E-state index is 5.94. The fraction of sp³-hybridized carbons (Fsp3) is 0.688. The third kappa shape index (κ3) is 3.14. The molecule has 22 heavy (non-hydrogen) atoms. The molecule has 0 N–H and O–H groups in total. The first kappa shape index (κ1) is 15.8. The number of hydrogen-bond donors (Lipinski definition) is 0. The molecule has 1 aromatic heterocycles. The van der Waals surface area contributed by atoms with Crippen LogP contribution in [0, 0.1) is 0 Å². The van der Waals surface area contributed by atoms with E-state index < -0.39 is 0 Å². The maximum Gasteiger partial charge on any atom is 0.487 e. The lowest BCUT2D eigenvalue weighted by Gasteiger charge is -2.32. The van der Waals surface area contributed by atoms with E-state index in [0.717, 1.165) is 25.1 Å². The Morgan fingerprint density at radius 2 is 1.95 bits per heavy atom. The lowest BCUT2D eigenvalue weighted by atomic mass is 9.90. The zero-order chi connectivity index (χ0) is 15.8. The fourth-order valence-corrected chi connectivity index (χ4v) is 2.68. The molecule has 0 radical (unpaired) electrons. The van der Waals surface area contributed by atoms with Crippen LogP contribution in [0.3, 0.4) is 0 Å². The van der Waals surface area contributed by atoms with Gasteiger partial charge in [-0.3, -0.25) is 0 Å². The van der Waals surface area contributed by atoms with E-state index in [1.165, 1.54) is 6.42 Å². The molecule has 0 saturated carbocycles. The Labute approximate surface area is 132 Å². The number of rotatable bonds is 3. The molecule has 3 rings (SSSR count). The zero-order valence-corrected chi connectivity index (χ0v) is 13.9. The SMILES string of the molecule is CC1(C)OB(C=Cc2ccn(C3CCCCO3)n2)OC1(C)C. The predicted octanol–water partition coefficient (Wildman–Crippen LogP) is 3.23. The summed E-state index contributed by atoms with van der Waals surface area (Å²) in [6.45, 7) is 9.03. The van der Waals surface area contributed by atoms with Crippen molar-refractivity contribution < 1.29 is 14.0 Å². The molecule has 0 bridgehead atoms. The van der Waals surface area contributed by atoms with Crippen molar-refractivity contribution in [3.05, 3.63) is 23.9 Å². The Bertz CT molecular complexity index is 531. The van der Waals surface area contributed by atoms with Crippen LogP contribution in [0.5, 0.6) is 0 Å². The van der Waals surface area contributed by atoms with Crippen LogP contribution in [-0.4, -0.2) is 34.7 Å². The van der Waals surface area contributed by atoms with Gasteiger partial charge in [0.2, 0.25) is 0 Å². The van der Waals surface area contributed by atoms with E-state index >= 15 is 0 Å². The minimum atomic E-state index is -0.332. The van der Waals surface area contributed by atoms with Gasteiger partial charge in [0.15, 0.2) is 0 Å². The number of hydrogen-bond acceptors (Lipinski definition) is 4. The average molecular weight is 304 g/mol. The van der Waals surface area contributed by atoms with Gasteiger partial charge in [-0.05, 0) is 59.1 Å². The molecule has 0 amide bonds. The Balaban J connectivity index is 1.63. The van der Waals surface area contributed by atoms with Crippen LogP contribution in [0.4, 0.5) is 0 Å². The van der Waals surface area contributed by atoms with Crippen molar-refractivity contribution in [1.29, 1.82) is 0 Å². The minimum absolute atomic E-state index is 0.0766. The van der Waals surface area contributed by atoms with E-state index in [-0.39, 0.29) is 24.5 Å². The Hall–Kier alpha value is -1.11. The summed E-state index contributed by atoms with van der Waals surface area (Å²) < 4.78 is 19.5. The van der Waals surface area contributed by atoms with Gasteiger partial charge in [0.1, 0.15) is 6.23 Å². The summed E-state index contributed by atoms with van der Waals surface area (Å²) >= 11 is 0. The topological polar surface area (TPSA) is 45.5 Å². The maximum absolute atomic E-state index is 5.94. The first-order chi connectivity index (χ1) is 10.4. The van der Waals surface area contributed by atoms with Crippen molar-refractivity contribution in [1.82, 2.24) is 9.78 Å². The highest BCUT2D eigenvalue weighted by Gasteiger charge is 2.50. The van der Waals surface area contributed by atoms with Gasteiger partial charge in [-0.2, -0.15) is 5.10 Å². The van der Waals surface area contributed by atoms with Crippen molar-refractivity contribution in [2.45, 2.75) is 64.4 Å².